The fourth-order valence-corrected chi connectivity index (χ4v) is 3.49. The SMILES string of the molecule is CN(C1C(=O)C(Cl)=[C]C=C1C(F)(F)F)C1CCc2ccccc21. The predicted molar refractivity (Wildman–Crippen MR) is 80.8 cm³/mol. The van der Waals surface area contributed by atoms with Crippen molar-refractivity contribution in [1.82, 2.24) is 4.90 Å². The second-order valence-corrected chi connectivity index (χ2v) is 6.12. The molecule has 1 aromatic carbocycles. The number of hydrogen-bond acceptors (Lipinski definition) is 2. The molecule has 0 spiro atoms. The quantitative estimate of drug-likeness (QED) is 0.812. The van der Waals surface area contributed by atoms with Crippen LogP contribution in [0.4, 0.5) is 13.2 Å². The number of fused-ring (bicyclic) bond motifs is 1. The van der Waals surface area contributed by atoms with Crippen LogP contribution in [0.25, 0.3) is 0 Å². The first-order chi connectivity index (χ1) is 10.8. The molecular weight excluding hydrogens is 327 g/mol. The average Bonchev–Trinajstić information content (AvgIpc) is 2.92. The number of aryl methyl sites for hydroxylation is 1. The van der Waals surface area contributed by atoms with Gasteiger partial charge in [0.2, 0.25) is 0 Å². The number of nitrogens with zero attached hydrogens (tertiary/aromatic N) is 1. The van der Waals surface area contributed by atoms with E-state index < -0.39 is 23.6 Å². The second-order valence-electron chi connectivity index (χ2n) is 5.74. The fraction of sp³-hybridized carbons (Fsp3) is 0.353. The largest absolute Gasteiger partial charge is 0.414 e. The number of benzene rings is 1. The minimum absolute atomic E-state index is 0.242. The van der Waals surface area contributed by atoms with Crippen LogP contribution in [0.15, 0.2) is 40.9 Å². The number of ketones is 1. The first kappa shape index (κ1) is 16.3. The van der Waals surface area contributed by atoms with E-state index in [1.54, 1.807) is 7.05 Å². The Bertz CT molecular complexity index is 708. The van der Waals surface area contributed by atoms with Crippen LogP contribution in [0.5, 0.6) is 0 Å². The highest BCUT2D eigenvalue weighted by Crippen LogP contribution is 2.41. The zero-order chi connectivity index (χ0) is 16.8. The summed E-state index contributed by atoms with van der Waals surface area (Å²) < 4.78 is 39.9. The van der Waals surface area contributed by atoms with Crippen molar-refractivity contribution >= 4 is 17.4 Å². The lowest BCUT2D eigenvalue weighted by atomic mass is 9.93. The van der Waals surface area contributed by atoms with Gasteiger partial charge in [-0.2, -0.15) is 13.2 Å². The molecule has 1 aromatic rings. The Hall–Kier alpha value is -1.59. The highest BCUT2D eigenvalue weighted by Gasteiger charge is 2.47. The number of carbonyl (C=O) groups excluding carboxylic acids is 1. The van der Waals surface area contributed by atoms with Crippen LogP contribution in [-0.4, -0.2) is 29.9 Å². The number of allylic oxidation sites excluding steroid dienone is 2. The smallest absolute Gasteiger partial charge is 0.291 e. The third-order valence-corrected chi connectivity index (χ3v) is 4.74. The molecule has 6 heteroatoms. The molecular formula is C17H14ClF3NO. The van der Waals surface area contributed by atoms with Gasteiger partial charge in [0.15, 0.2) is 5.78 Å². The minimum atomic E-state index is -4.60. The number of Topliss-reactive ketones (excluding diaryl/α,β-unsaturated/α-hetero) is 1. The normalized spacial score (nSPS) is 24.5. The topological polar surface area (TPSA) is 20.3 Å². The molecule has 0 amide bonds. The van der Waals surface area contributed by atoms with Gasteiger partial charge in [0, 0.05) is 12.1 Å². The molecule has 23 heavy (non-hydrogen) atoms. The van der Waals surface area contributed by atoms with Gasteiger partial charge < -0.3 is 0 Å². The average molecular weight is 341 g/mol. The van der Waals surface area contributed by atoms with Crippen molar-refractivity contribution in [3.05, 3.63) is 58.1 Å². The highest BCUT2D eigenvalue weighted by molar-refractivity contribution is 6.43. The number of alkyl halides is 3. The van der Waals surface area contributed by atoms with Gasteiger partial charge in [0.25, 0.3) is 0 Å². The summed E-state index contributed by atoms with van der Waals surface area (Å²) in [5.74, 6) is -0.756. The van der Waals surface area contributed by atoms with E-state index in [1.165, 1.54) is 4.90 Å². The van der Waals surface area contributed by atoms with Crippen molar-refractivity contribution in [1.29, 1.82) is 0 Å². The lowest BCUT2D eigenvalue weighted by molar-refractivity contribution is -0.128. The molecule has 0 aliphatic heterocycles. The maximum Gasteiger partial charge on any atom is 0.414 e. The van der Waals surface area contributed by atoms with Gasteiger partial charge in [-0.15, -0.1) is 0 Å². The van der Waals surface area contributed by atoms with Crippen LogP contribution >= 0.6 is 11.6 Å². The predicted octanol–water partition coefficient (Wildman–Crippen LogP) is 3.97. The maximum absolute atomic E-state index is 13.3. The molecule has 0 bridgehead atoms. The monoisotopic (exact) mass is 340 g/mol. The van der Waals surface area contributed by atoms with E-state index in [1.807, 2.05) is 24.3 Å². The van der Waals surface area contributed by atoms with Gasteiger partial charge in [-0.05, 0) is 37.1 Å². The van der Waals surface area contributed by atoms with E-state index in [0.717, 1.165) is 23.6 Å². The van der Waals surface area contributed by atoms with Crippen molar-refractivity contribution in [3.63, 3.8) is 0 Å². The van der Waals surface area contributed by atoms with Gasteiger partial charge >= 0.3 is 6.18 Å². The van der Waals surface area contributed by atoms with E-state index in [4.69, 9.17) is 11.6 Å². The molecule has 2 unspecified atom stereocenters. The summed E-state index contributed by atoms with van der Waals surface area (Å²) in [6.07, 6.45) is -0.149. The Labute approximate surface area is 137 Å². The number of likely N-dealkylation sites (N-methyl/N-ethyl adjacent to an activating group) is 1. The number of rotatable bonds is 2. The number of hydrogen-bond donors (Lipinski definition) is 0. The lowest BCUT2D eigenvalue weighted by Crippen LogP contribution is -2.46. The first-order valence-corrected chi connectivity index (χ1v) is 7.58. The maximum atomic E-state index is 13.3. The Morgan fingerprint density at radius 3 is 2.70 bits per heavy atom. The molecule has 0 heterocycles. The second kappa shape index (κ2) is 5.80. The molecule has 1 radical (unpaired) electrons. The number of halogens is 4. The summed E-state index contributed by atoms with van der Waals surface area (Å²) in [6, 6.07) is 5.95. The summed E-state index contributed by atoms with van der Waals surface area (Å²) in [6.45, 7) is 0. The summed E-state index contributed by atoms with van der Waals surface area (Å²) >= 11 is 5.75. The zero-order valence-electron chi connectivity index (χ0n) is 12.3. The molecule has 0 fully saturated rings. The molecule has 0 saturated carbocycles. The minimum Gasteiger partial charge on any atom is -0.291 e. The number of carbonyl (C=O) groups is 1. The highest BCUT2D eigenvalue weighted by atomic mass is 35.5. The van der Waals surface area contributed by atoms with E-state index in [-0.39, 0.29) is 11.1 Å². The summed E-state index contributed by atoms with van der Waals surface area (Å²) in [4.78, 5) is 13.8. The third-order valence-electron chi connectivity index (χ3n) is 4.44. The Balaban J connectivity index is 1.98. The Morgan fingerprint density at radius 2 is 2.00 bits per heavy atom. The van der Waals surface area contributed by atoms with Crippen LogP contribution in [0.1, 0.15) is 23.6 Å². The zero-order valence-corrected chi connectivity index (χ0v) is 13.1. The van der Waals surface area contributed by atoms with Crippen LogP contribution in [-0.2, 0) is 11.2 Å². The molecule has 2 aliphatic rings. The fourth-order valence-electron chi connectivity index (χ4n) is 3.33. The summed E-state index contributed by atoms with van der Waals surface area (Å²) in [7, 11) is 1.55. The van der Waals surface area contributed by atoms with Gasteiger partial charge in [-0.1, -0.05) is 35.9 Å². The third kappa shape index (κ3) is 2.83. The van der Waals surface area contributed by atoms with Crippen LogP contribution in [0, 0.1) is 6.08 Å². The van der Waals surface area contributed by atoms with Crippen molar-refractivity contribution < 1.29 is 18.0 Å². The molecule has 2 atom stereocenters. The van der Waals surface area contributed by atoms with Crippen LogP contribution in [0.3, 0.4) is 0 Å². The van der Waals surface area contributed by atoms with E-state index >= 15 is 0 Å². The van der Waals surface area contributed by atoms with E-state index in [0.29, 0.717) is 6.42 Å². The summed E-state index contributed by atoms with van der Waals surface area (Å²) in [5.41, 5.74) is 1.16. The van der Waals surface area contributed by atoms with Gasteiger partial charge in [-0.3, -0.25) is 9.69 Å². The van der Waals surface area contributed by atoms with E-state index in [9.17, 15) is 18.0 Å². The molecule has 0 N–H and O–H groups in total. The lowest BCUT2D eigenvalue weighted by Gasteiger charge is -2.35. The van der Waals surface area contributed by atoms with Crippen molar-refractivity contribution in [3.8, 4) is 0 Å². The van der Waals surface area contributed by atoms with E-state index in [2.05, 4.69) is 6.08 Å². The van der Waals surface area contributed by atoms with Crippen molar-refractivity contribution in [2.24, 2.45) is 0 Å². The first-order valence-electron chi connectivity index (χ1n) is 7.21. The van der Waals surface area contributed by atoms with Crippen molar-refractivity contribution in [2.75, 3.05) is 7.05 Å². The molecule has 2 aliphatic carbocycles. The Kier molecular flexibility index (Phi) is 4.10. The van der Waals surface area contributed by atoms with Crippen LogP contribution < -0.4 is 0 Å². The molecule has 0 aromatic heterocycles. The molecule has 3 rings (SSSR count). The molecule has 121 valence electrons. The van der Waals surface area contributed by atoms with Gasteiger partial charge in [0.1, 0.15) is 6.04 Å². The van der Waals surface area contributed by atoms with Gasteiger partial charge in [-0.25, -0.2) is 0 Å². The standard InChI is InChI=1S/C17H14ClF3NO/c1-22(14-9-6-10-4-2-3-5-11(10)14)15-12(17(19,20)21)7-8-13(18)16(15)23/h2-5,7,14-15H,6,9H2,1H3. The van der Waals surface area contributed by atoms with Crippen LogP contribution in [0.2, 0.25) is 0 Å². The van der Waals surface area contributed by atoms with Gasteiger partial charge in [0.05, 0.1) is 10.6 Å². The Morgan fingerprint density at radius 1 is 1.30 bits per heavy atom. The molecule has 0 saturated heterocycles. The molecule has 2 nitrogen and oxygen atoms in total. The summed E-state index contributed by atoms with van der Waals surface area (Å²) in [5, 5.41) is -0.291. The van der Waals surface area contributed by atoms with Crippen molar-refractivity contribution in [2.45, 2.75) is 31.1 Å².